The van der Waals surface area contributed by atoms with Gasteiger partial charge in [-0.15, -0.1) is 0 Å². The van der Waals surface area contributed by atoms with Crippen molar-refractivity contribution in [2.45, 2.75) is 20.8 Å². The molecule has 0 unspecified atom stereocenters. The summed E-state index contributed by atoms with van der Waals surface area (Å²) in [6.45, 7) is 5.82. The Balaban J connectivity index is 3.12. The number of nitrogens with zero attached hydrogens (tertiary/aromatic N) is 1. The van der Waals surface area contributed by atoms with E-state index in [-0.39, 0.29) is 12.2 Å². The highest BCUT2D eigenvalue weighted by molar-refractivity contribution is 9.10. The molecule has 90 valence electrons. The molecule has 0 amide bonds. The van der Waals surface area contributed by atoms with Crippen molar-refractivity contribution in [1.82, 2.24) is 4.98 Å². The Morgan fingerprint density at radius 3 is 2.59 bits per heavy atom. The third-order valence-electron chi connectivity index (χ3n) is 2.44. The fraction of sp³-hybridized carbons (Fsp3) is 0.333. The quantitative estimate of drug-likeness (QED) is 0.530. The lowest BCUT2D eigenvalue weighted by Gasteiger charge is -1.99. The number of carbonyl (C=O) groups is 1. The Hall–Kier alpha value is -1.54. The molecule has 1 rings (SSSR count). The Morgan fingerprint density at radius 1 is 1.53 bits per heavy atom. The molecule has 1 heterocycles. The zero-order chi connectivity index (χ0) is 13.0. The van der Waals surface area contributed by atoms with Gasteiger partial charge < -0.3 is 9.72 Å². The number of hydrogen-bond acceptors (Lipinski definition) is 3. The predicted molar refractivity (Wildman–Crippen MR) is 68.2 cm³/mol. The van der Waals surface area contributed by atoms with Crippen LogP contribution in [0.15, 0.2) is 10.2 Å². The zero-order valence-electron chi connectivity index (χ0n) is 9.93. The number of nitriles is 1. The maximum Gasteiger partial charge on any atom is 0.348 e. The van der Waals surface area contributed by atoms with E-state index in [4.69, 9.17) is 10.00 Å². The number of ether oxygens (including phenoxy) is 1. The Morgan fingerprint density at radius 2 is 2.18 bits per heavy atom. The highest BCUT2D eigenvalue weighted by Gasteiger charge is 2.13. The molecule has 17 heavy (non-hydrogen) atoms. The van der Waals surface area contributed by atoms with Gasteiger partial charge in [-0.1, -0.05) is 0 Å². The molecular weight excluding hydrogens is 284 g/mol. The van der Waals surface area contributed by atoms with Crippen LogP contribution in [0, 0.1) is 25.2 Å². The van der Waals surface area contributed by atoms with Crippen LogP contribution in [0.4, 0.5) is 0 Å². The van der Waals surface area contributed by atoms with Crippen LogP contribution >= 0.6 is 15.9 Å². The Labute approximate surface area is 108 Å². The predicted octanol–water partition coefficient (Wildman–Crippen LogP) is 2.86. The lowest BCUT2D eigenvalue weighted by atomic mass is 10.1. The SMILES string of the molecule is CCOC(=O)/C(C#N)=C/c1[nH]c(Br)c(C)c1C. The van der Waals surface area contributed by atoms with E-state index in [2.05, 4.69) is 20.9 Å². The first-order valence-corrected chi connectivity index (χ1v) is 5.94. The van der Waals surface area contributed by atoms with Crippen molar-refractivity contribution in [3.63, 3.8) is 0 Å². The topological polar surface area (TPSA) is 65.9 Å². The van der Waals surface area contributed by atoms with Gasteiger partial charge in [-0.05, 0) is 53.9 Å². The molecule has 0 bridgehead atoms. The van der Waals surface area contributed by atoms with Gasteiger partial charge in [-0.3, -0.25) is 0 Å². The lowest BCUT2D eigenvalue weighted by molar-refractivity contribution is -0.137. The van der Waals surface area contributed by atoms with E-state index in [1.54, 1.807) is 6.92 Å². The molecule has 0 radical (unpaired) electrons. The van der Waals surface area contributed by atoms with Crippen LogP contribution in [-0.4, -0.2) is 17.6 Å². The van der Waals surface area contributed by atoms with Crippen molar-refractivity contribution in [3.8, 4) is 6.07 Å². The monoisotopic (exact) mass is 296 g/mol. The van der Waals surface area contributed by atoms with E-state index >= 15 is 0 Å². The van der Waals surface area contributed by atoms with Gasteiger partial charge in [-0.25, -0.2) is 4.79 Å². The van der Waals surface area contributed by atoms with E-state index in [0.29, 0.717) is 0 Å². The molecule has 4 nitrogen and oxygen atoms in total. The second-order valence-corrected chi connectivity index (χ2v) is 4.29. The van der Waals surface area contributed by atoms with Gasteiger partial charge in [0.15, 0.2) is 0 Å². The molecule has 1 aromatic heterocycles. The van der Waals surface area contributed by atoms with Gasteiger partial charge >= 0.3 is 5.97 Å². The normalized spacial score (nSPS) is 11.1. The van der Waals surface area contributed by atoms with E-state index in [0.717, 1.165) is 21.4 Å². The summed E-state index contributed by atoms with van der Waals surface area (Å²) in [5, 5.41) is 8.91. The van der Waals surface area contributed by atoms with Gasteiger partial charge in [0, 0.05) is 5.69 Å². The van der Waals surface area contributed by atoms with Crippen LogP contribution in [0.3, 0.4) is 0 Å². The third kappa shape index (κ3) is 2.98. The summed E-state index contributed by atoms with van der Waals surface area (Å²) >= 11 is 3.36. The minimum atomic E-state index is -0.599. The van der Waals surface area contributed by atoms with E-state index in [1.165, 1.54) is 6.08 Å². The maximum atomic E-state index is 11.4. The molecule has 0 saturated carbocycles. The number of carbonyl (C=O) groups excluding carboxylic acids is 1. The maximum absolute atomic E-state index is 11.4. The number of rotatable bonds is 3. The van der Waals surface area contributed by atoms with Crippen molar-refractivity contribution in [2.24, 2.45) is 0 Å². The molecule has 0 fully saturated rings. The molecular formula is C12H13BrN2O2. The number of aromatic nitrogens is 1. The summed E-state index contributed by atoms with van der Waals surface area (Å²) < 4.78 is 5.64. The third-order valence-corrected chi connectivity index (χ3v) is 3.24. The standard InChI is InChI=1S/C12H13BrN2O2/c1-4-17-12(16)9(6-14)5-10-7(2)8(3)11(13)15-10/h5,15H,4H2,1-3H3/b9-5+. The van der Waals surface area contributed by atoms with Crippen molar-refractivity contribution in [3.05, 3.63) is 27.0 Å². The van der Waals surface area contributed by atoms with Crippen LogP contribution in [-0.2, 0) is 9.53 Å². The molecule has 0 aliphatic carbocycles. The number of esters is 1. The first kappa shape index (κ1) is 13.5. The Bertz CT molecular complexity index is 509. The van der Waals surface area contributed by atoms with E-state index < -0.39 is 5.97 Å². The molecule has 0 aliphatic rings. The molecule has 0 spiro atoms. The molecule has 0 aliphatic heterocycles. The zero-order valence-corrected chi connectivity index (χ0v) is 11.5. The van der Waals surface area contributed by atoms with Crippen LogP contribution in [0.2, 0.25) is 0 Å². The Kier molecular flexibility index (Phi) is 4.53. The summed E-state index contributed by atoms with van der Waals surface area (Å²) in [7, 11) is 0. The highest BCUT2D eigenvalue weighted by Crippen LogP contribution is 2.23. The van der Waals surface area contributed by atoms with Crippen LogP contribution in [0.25, 0.3) is 6.08 Å². The molecule has 5 heteroatoms. The van der Waals surface area contributed by atoms with Gasteiger partial charge in [0.2, 0.25) is 0 Å². The first-order chi connectivity index (χ1) is 8.01. The van der Waals surface area contributed by atoms with E-state index in [9.17, 15) is 4.79 Å². The summed E-state index contributed by atoms with van der Waals surface area (Å²) in [6, 6.07) is 1.84. The number of hydrogen-bond donors (Lipinski definition) is 1. The van der Waals surface area contributed by atoms with Crippen molar-refractivity contribution < 1.29 is 9.53 Å². The molecule has 1 aromatic rings. The summed E-state index contributed by atoms with van der Waals surface area (Å²) in [4.78, 5) is 14.5. The number of aromatic amines is 1. The molecule has 0 atom stereocenters. The summed E-state index contributed by atoms with van der Waals surface area (Å²) in [5.74, 6) is -0.599. The molecule has 0 aromatic carbocycles. The van der Waals surface area contributed by atoms with Crippen LogP contribution in [0.5, 0.6) is 0 Å². The largest absolute Gasteiger partial charge is 0.462 e. The van der Waals surface area contributed by atoms with Crippen molar-refractivity contribution >= 4 is 28.0 Å². The first-order valence-electron chi connectivity index (χ1n) is 5.14. The second kappa shape index (κ2) is 5.69. The van der Waals surface area contributed by atoms with Gasteiger partial charge in [0.05, 0.1) is 11.2 Å². The second-order valence-electron chi connectivity index (χ2n) is 3.49. The van der Waals surface area contributed by atoms with Crippen LogP contribution < -0.4 is 0 Å². The average molecular weight is 297 g/mol. The minimum Gasteiger partial charge on any atom is -0.462 e. The van der Waals surface area contributed by atoms with Gasteiger partial charge in [0.1, 0.15) is 11.6 Å². The number of nitrogens with one attached hydrogen (secondary N) is 1. The van der Waals surface area contributed by atoms with Gasteiger partial charge in [-0.2, -0.15) is 5.26 Å². The summed E-state index contributed by atoms with van der Waals surface area (Å²) in [6.07, 6.45) is 1.51. The fourth-order valence-corrected chi connectivity index (χ4v) is 1.82. The average Bonchev–Trinajstić information content (AvgIpc) is 2.54. The minimum absolute atomic E-state index is 0.0105. The summed E-state index contributed by atoms with van der Waals surface area (Å²) in [5.41, 5.74) is 2.77. The molecule has 1 N–H and O–H groups in total. The number of halogens is 1. The van der Waals surface area contributed by atoms with Crippen LogP contribution in [0.1, 0.15) is 23.7 Å². The number of H-pyrrole nitrogens is 1. The van der Waals surface area contributed by atoms with Crippen molar-refractivity contribution in [2.75, 3.05) is 6.61 Å². The van der Waals surface area contributed by atoms with Crippen molar-refractivity contribution in [1.29, 1.82) is 5.26 Å². The smallest absolute Gasteiger partial charge is 0.348 e. The van der Waals surface area contributed by atoms with E-state index in [1.807, 2.05) is 19.9 Å². The van der Waals surface area contributed by atoms with Gasteiger partial charge in [0.25, 0.3) is 0 Å². The molecule has 0 saturated heterocycles. The fourth-order valence-electron chi connectivity index (χ4n) is 1.31. The lowest BCUT2D eigenvalue weighted by Crippen LogP contribution is -2.06. The highest BCUT2D eigenvalue weighted by atomic mass is 79.9.